The molecule has 2 atom stereocenters. The smallest absolute Gasteiger partial charge is 0.314 e. The van der Waals surface area contributed by atoms with Crippen LogP contribution in [0.3, 0.4) is 0 Å². The fourth-order valence-electron chi connectivity index (χ4n) is 2.40. The zero-order chi connectivity index (χ0) is 15.1. The van der Waals surface area contributed by atoms with Crippen molar-refractivity contribution < 1.29 is 14.6 Å². The first-order chi connectivity index (χ1) is 10.1. The van der Waals surface area contributed by atoms with Crippen LogP contribution in [-0.2, 0) is 0 Å². The van der Waals surface area contributed by atoms with Gasteiger partial charge in [-0.15, -0.1) is 0 Å². The highest BCUT2D eigenvalue weighted by atomic mass is 35.5. The van der Waals surface area contributed by atoms with E-state index in [1.165, 1.54) is 0 Å². The zero-order valence-corrected chi connectivity index (χ0v) is 12.6. The molecule has 5 nitrogen and oxygen atoms in total. The molecule has 0 radical (unpaired) electrons. The summed E-state index contributed by atoms with van der Waals surface area (Å²) in [6.45, 7) is 1.44. The summed E-state index contributed by atoms with van der Waals surface area (Å²) in [5.74, 6) is 1.11. The quantitative estimate of drug-likeness (QED) is 0.705. The summed E-state index contributed by atoms with van der Waals surface area (Å²) in [7, 11) is 0. The lowest BCUT2D eigenvalue weighted by Gasteiger charge is -2.12. The average molecular weight is 313 g/mol. The van der Waals surface area contributed by atoms with Gasteiger partial charge in [0.15, 0.2) is 0 Å². The minimum absolute atomic E-state index is 0.198. The van der Waals surface area contributed by atoms with Gasteiger partial charge in [0.1, 0.15) is 12.4 Å². The molecule has 0 aliphatic heterocycles. The Bertz CT molecular complexity index is 453. The Labute approximate surface area is 129 Å². The molecule has 1 fully saturated rings. The van der Waals surface area contributed by atoms with Crippen molar-refractivity contribution in [3.05, 3.63) is 29.3 Å². The molecule has 0 bridgehead atoms. The molecule has 0 saturated heterocycles. The van der Waals surface area contributed by atoms with Crippen molar-refractivity contribution in [3.8, 4) is 5.75 Å². The van der Waals surface area contributed by atoms with E-state index in [-0.39, 0.29) is 12.1 Å². The van der Waals surface area contributed by atoms with E-state index in [0.717, 1.165) is 25.0 Å². The predicted molar refractivity (Wildman–Crippen MR) is 81.7 cm³/mol. The van der Waals surface area contributed by atoms with Gasteiger partial charge in [-0.1, -0.05) is 11.6 Å². The van der Waals surface area contributed by atoms with E-state index in [1.54, 1.807) is 24.3 Å². The van der Waals surface area contributed by atoms with Crippen LogP contribution < -0.4 is 15.4 Å². The van der Waals surface area contributed by atoms with Crippen molar-refractivity contribution in [2.45, 2.75) is 25.4 Å². The Balaban J connectivity index is 1.54. The van der Waals surface area contributed by atoms with Gasteiger partial charge in [0, 0.05) is 11.6 Å². The Kier molecular flexibility index (Phi) is 6.14. The molecule has 0 aromatic heterocycles. The van der Waals surface area contributed by atoms with E-state index in [2.05, 4.69) is 10.6 Å². The molecule has 1 saturated carbocycles. The zero-order valence-electron chi connectivity index (χ0n) is 11.8. The molecule has 6 heteroatoms. The van der Waals surface area contributed by atoms with Crippen molar-refractivity contribution in [2.24, 2.45) is 5.92 Å². The lowest BCUT2D eigenvalue weighted by atomic mass is 10.1. The molecule has 2 rings (SSSR count). The molecule has 1 aromatic rings. The minimum atomic E-state index is -0.201. The van der Waals surface area contributed by atoms with E-state index in [1.807, 2.05) is 0 Å². The molecule has 1 aromatic carbocycles. The molecule has 116 valence electrons. The van der Waals surface area contributed by atoms with Crippen LogP contribution in [0.2, 0.25) is 5.02 Å². The molecule has 3 N–H and O–H groups in total. The topological polar surface area (TPSA) is 70.6 Å². The molecule has 21 heavy (non-hydrogen) atoms. The lowest BCUT2D eigenvalue weighted by Crippen LogP contribution is -2.39. The summed E-state index contributed by atoms with van der Waals surface area (Å²) in [5, 5.41) is 15.6. The first kappa shape index (κ1) is 15.9. The fourth-order valence-corrected chi connectivity index (χ4v) is 2.52. The predicted octanol–water partition coefficient (Wildman–Crippen LogP) is 2.18. The number of carbonyl (C=O) groups is 1. The number of urea groups is 1. The van der Waals surface area contributed by atoms with Gasteiger partial charge in [-0.05, 0) is 49.4 Å². The number of aliphatic hydroxyl groups excluding tert-OH is 1. The van der Waals surface area contributed by atoms with Crippen molar-refractivity contribution in [3.63, 3.8) is 0 Å². The first-order valence-electron chi connectivity index (χ1n) is 7.21. The van der Waals surface area contributed by atoms with Crippen LogP contribution in [0.1, 0.15) is 19.3 Å². The fraction of sp³-hybridized carbons (Fsp3) is 0.533. The second-order valence-corrected chi connectivity index (χ2v) is 5.71. The third-order valence-electron chi connectivity index (χ3n) is 3.53. The van der Waals surface area contributed by atoms with Crippen LogP contribution in [0, 0.1) is 5.92 Å². The number of ether oxygens (including phenoxy) is 1. The average Bonchev–Trinajstić information content (AvgIpc) is 2.89. The summed E-state index contributed by atoms with van der Waals surface area (Å²) in [6, 6.07) is 6.89. The van der Waals surface area contributed by atoms with Gasteiger partial charge in [0.05, 0.1) is 12.6 Å². The maximum atomic E-state index is 11.6. The van der Waals surface area contributed by atoms with Gasteiger partial charge >= 0.3 is 6.03 Å². The van der Waals surface area contributed by atoms with Crippen LogP contribution >= 0.6 is 11.6 Å². The van der Waals surface area contributed by atoms with Gasteiger partial charge in [0.25, 0.3) is 0 Å². The first-order valence-corrected chi connectivity index (χ1v) is 7.59. The van der Waals surface area contributed by atoms with Gasteiger partial charge < -0.3 is 20.5 Å². The molecule has 0 heterocycles. The second-order valence-electron chi connectivity index (χ2n) is 5.27. The Morgan fingerprint density at radius 2 is 2.05 bits per heavy atom. The van der Waals surface area contributed by atoms with Gasteiger partial charge in [-0.2, -0.15) is 0 Å². The maximum absolute atomic E-state index is 11.6. The number of halogens is 1. The summed E-state index contributed by atoms with van der Waals surface area (Å²) >= 11 is 5.78. The van der Waals surface area contributed by atoms with Crippen LogP contribution in [0.15, 0.2) is 24.3 Å². The van der Waals surface area contributed by atoms with Crippen LogP contribution in [0.5, 0.6) is 5.75 Å². The number of carbonyl (C=O) groups excluding carboxylic acids is 1. The molecule has 1 aliphatic carbocycles. The third kappa shape index (κ3) is 5.81. The van der Waals surface area contributed by atoms with Crippen molar-refractivity contribution in [2.75, 3.05) is 19.7 Å². The standard InChI is InChI=1S/C15H21ClN2O3/c16-12-2-5-14(6-3-12)21-8-7-17-15(20)18-10-11-1-4-13(19)9-11/h2-3,5-6,11,13,19H,1,4,7-10H2,(H2,17,18,20)/t11-,13+/m1/s1. The number of nitrogens with one attached hydrogen (secondary N) is 2. The number of aliphatic hydroxyl groups is 1. The molecule has 2 amide bonds. The molecular formula is C15H21ClN2O3. The van der Waals surface area contributed by atoms with Gasteiger partial charge in [0.2, 0.25) is 0 Å². The summed E-state index contributed by atoms with van der Waals surface area (Å²) in [5.41, 5.74) is 0. The highest BCUT2D eigenvalue weighted by molar-refractivity contribution is 6.30. The molecular weight excluding hydrogens is 292 g/mol. The highest BCUT2D eigenvalue weighted by Crippen LogP contribution is 2.24. The summed E-state index contributed by atoms with van der Waals surface area (Å²) in [4.78, 5) is 11.6. The van der Waals surface area contributed by atoms with E-state index in [4.69, 9.17) is 16.3 Å². The number of amides is 2. The van der Waals surface area contributed by atoms with Gasteiger partial charge in [-0.25, -0.2) is 4.79 Å². The lowest BCUT2D eigenvalue weighted by molar-refractivity contribution is 0.177. The van der Waals surface area contributed by atoms with E-state index >= 15 is 0 Å². The van der Waals surface area contributed by atoms with E-state index in [9.17, 15) is 9.90 Å². The Hall–Kier alpha value is -1.46. The summed E-state index contributed by atoms with van der Waals surface area (Å²) < 4.78 is 5.47. The number of benzene rings is 1. The highest BCUT2D eigenvalue weighted by Gasteiger charge is 2.22. The SMILES string of the molecule is O=C(NCCOc1ccc(Cl)cc1)NC[C@@H]1CC[C@H](O)C1. The van der Waals surface area contributed by atoms with E-state index < -0.39 is 0 Å². The molecule has 1 aliphatic rings. The number of hydrogen-bond acceptors (Lipinski definition) is 3. The van der Waals surface area contributed by atoms with Crippen LogP contribution in [0.4, 0.5) is 4.79 Å². The third-order valence-corrected chi connectivity index (χ3v) is 3.79. The maximum Gasteiger partial charge on any atom is 0.314 e. The van der Waals surface area contributed by atoms with Crippen LogP contribution in [-0.4, -0.2) is 36.9 Å². The normalized spacial score (nSPS) is 21.0. The number of hydrogen-bond donors (Lipinski definition) is 3. The monoisotopic (exact) mass is 312 g/mol. The van der Waals surface area contributed by atoms with Crippen molar-refractivity contribution >= 4 is 17.6 Å². The van der Waals surface area contributed by atoms with E-state index in [0.29, 0.717) is 30.6 Å². The Morgan fingerprint density at radius 1 is 1.29 bits per heavy atom. The van der Waals surface area contributed by atoms with Crippen molar-refractivity contribution in [1.82, 2.24) is 10.6 Å². The number of rotatable bonds is 6. The molecule has 0 unspecified atom stereocenters. The largest absolute Gasteiger partial charge is 0.492 e. The second kappa shape index (κ2) is 8.10. The van der Waals surface area contributed by atoms with Gasteiger partial charge in [-0.3, -0.25) is 0 Å². The molecule has 0 spiro atoms. The van der Waals surface area contributed by atoms with Crippen molar-refractivity contribution in [1.29, 1.82) is 0 Å². The minimum Gasteiger partial charge on any atom is -0.492 e. The van der Waals surface area contributed by atoms with Crippen LogP contribution in [0.25, 0.3) is 0 Å². The Morgan fingerprint density at radius 3 is 2.71 bits per heavy atom. The summed E-state index contributed by atoms with van der Waals surface area (Å²) in [6.07, 6.45) is 2.39.